The Kier molecular flexibility index (Phi) is 8.54. The second-order valence-corrected chi connectivity index (χ2v) is 11.6. The predicted molar refractivity (Wildman–Crippen MR) is 140 cm³/mol. The van der Waals surface area contributed by atoms with Crippen molar-refractivity contribution >= 4 is 23.6 Å². The summed E-state index contributed by atoms with van der Waals surface area (Å²) in [6.45, 7) is 8.79. The van der Waals surface area contributed by atoms with Crippen LogP contribution >= 0.6 is 0 Å². The first-order chi connectivity index (χ1) is 17.2. The maximum atomic E-state index is 12.1. The number of carbonyl (C=O) groups is 3. The van der Waals surface area contributed by atoms with E-state index in [1.807, 2.05) is 32.9 Å². The molecule has 2 saturated heterocycles. The Morgan fingerprint density at radius 3 is 2.22 bits per heavy atom. The van der Waals surface area contributed by atoms with Crippen LogP contribution in [0.3, 0.4) is 0 Å². The maximum absolute atomic E-state index is 12.1. The number of alkyl carbamates (subject to hydrolysis) is 1. The number of amides is 3. The van der Waals surface area contributed by atoms with Gasteiger partial charge in [-0.15, -0.1) is 0 Å². The predicted octanol–water partition coefficient (Wildman–Crippen LogP) is 3.85. The van der Waals surface area contributed by atoms with Gasteiger partial charge >= 0.3 is 6.09 Å². The number of anilines is 1. The zero-order chi connectivity index (χ0) is 25.7. The number of carbonyl (C=O) groups excluding carboxylic acids is 3. The number of piperidine rings is 2. The van der Waals surface area contributed by atoms with Gasteiger partial charge in [0.15, 0.2) is 0 Å². The molecule has 3 aliphatic rings. The van der Waals surface area contributed by atoms with Crippen LogP contribution in [0.5, 0.6) is 0 Å². The van der Waals surface area contributed by atoms with Crippen LogP contribution in [0.4, 0.5) is 10.5 Å². The molecule has 3 amide bonds. The van der Waals surface area contributed by atoms with E-state index in [4.69, 9.17) is 4.74 Å². The summed E-state index contributed by atoms with van der Waals surface area (Å²) in [4.78, 5) is 38.0. The summed E-state index contributed by atoms with van der Waals surface area (Å²) in [5.74, 6) is 0.103. The molecule has 2 heterocycles. The van der Waals surface area contributed by atoms with Crippen LogP contribution in [-0.2, 0) is 14.3 Å². The zero-order valence-corrected chi connectivity index (χ0v) is 22.0. The average Bonchev–Trinajstić information content (AvgIpc) is 2.83. The minimum absolute atomic E-state index is 0.173. The van der Waals surface area contributed by atoms with Gasteiger partial charge in [-0.3, -0.25) is 14.9 Å². The van der Waals surface area contributed by atoms with Crippen molar-refractivity contribution < 1.29 is 19.1 Å². The van der Waals surface area contributed by atoms with E-state index < -0.39 is 5.60 Å². The molecule has 0 spiro atoms. The lowest BCUT2D eigenvalue weighted by Crippen LogP contribution is -2.45. The molecule has 0 bridgehead atoms. The van der Waals surface area contributed by atoms with E-state index in [-0.39, 0.29) is 29.9 Å². The highest BCUT2D eigenvalue weighted by atomic mass is 16.6. The molecule has 1 aliphatic carbocycles. The van der Waals surface area contributed by atoms with Crippen molar-refractivity contribution in [3.8, 4) is 0 Å². The lowest BCUT2D eigenvalue weighted by molar-refractivity contribution is -0.134. The van der Waals surface area contributed by atoms with Crippen LogP contribution in [0.25, 0.3) is 0 Å². The molecule has 36 heavy (non-hydrogen) atoms. The topological polar surface area (TPSA) is 99.8 Å². The standard InChI is InChI=1S/C28H42N4O4/c1-28(2,3)36-27(35)30-22-8-6-21(7-9-22)29-18-19-14-16-32(17-15-19)23-10-4-20(5-11-23)24-12-13-25(33)31-26(24)34/h4-5,10-11,19,21-22,24,29H,6-9,12-18H2,1-3H3,(H,30,35)(H,31,33,34). The second kappa shape index (κ2) is 11.6. The summed E-state index contributed by atoms with van der Waals surface area (Å²) < 4.78 is 5.38. The van der Waals surface area contributed by atoms with Crippen molar-refractivity contribution in [2.24, 2.45) is 5.92 Å². The van der Waals surface area contributed by atoms with Gasteiger partial charge < -0.3 is 20.3 Å². The molecular formula is C28H42N4O4. The smallest absolute Gasteiger partial charge is 0.407 e. The first-order valence-corrected chi connectivity index (χ1v) is 13.6. The zero-order valence-electron chi connectivity index (χ0n) is 22.0. The Balaban J connectivity index is 1.14. The molecule has 8 heteroatoms. The molecule has 4 rings (SSSR count). The van der Waals surface area contributed by atoms with E-state index in [0.29, 0.717) is 24.8 Å². The number of rotatable bonds is 6. The molecule has 0 radical (unpaired) electrons. The highest BCUT2D eigenvalue weighted by Crippen LogP contribution is 2.29. The van der Waals surface area contributed by atoms with Crippen LogP contribution in [-0.4, -0.2) is 55.2 Å². The normalized spacial score (nSPS) is 25.9. The largest absolute Gasteiger partial charge is 0.444 e. The molecule has 3 fully saturated rings. The highest BCUT2D eigenvalue weighted by Gasteiger charge is 2.29. The summed E-state index contributed by atoms with van der Waals surface area (Å²) >= 11 is 0. The number of imide groups is 1. The third-order valence-electron chi connectivity index (χ3n) is 7.66. The molecule has 1 aromatic rings. The minimum atomic E-state index is -0.461. The number of nitrogens with one attached hydrogen (secondary N) is 3. The fourth-order valence-corrected chi connectivity index (χ4v) is 5.57. The van der Waals surface area contributed by atoms with Crippen molar-refractivity contribution in [1.29, 1.82) is 0 Å². The Labute approximate surface area is 214 Å². The van der Waals surface area contributed by atoms with Gasteiger partial charge in [-0.2, -0.15) is 0 Å². The third-order valence-corrected chi connectivity index (χ3v) is 7.66. The van der Waals surface area contributed by atoms with Crippen LogP contribution < -0.4 is 20.9 Å². The highest BCUT2D eigenvalue weighted by molar-refractivity contribution is 6.00. The van der Waals surface area contributed by atoms with Gasteiger partial charge in [-0.1, -0.05) is 12.1 Å². The fraction of sp³-hybridized carbons (Fsp3) is 0.679. The van der Waals surface area contributed by atoms with E-state index >= 15 is 0 Å². The summed E-state index contributed by atoms with van der Waals surface area (Å²) in [5.41, 5.74) is 1.73. The van der Waals surface area contributed by atoms with Gasteiger partial charge in [0.25, 0.3) is 0 Å². The van der Waals surface area contributed by atoms with Crippen LogP contribution in [0, 0.1) is 5.92 Å². The van der Waals surface area contributed by atoms with Crippen LogP contribution in [0.1, 0.15) is 83.6 Å². The van der Waals surface area contributed by atoms with Gasteiger partial charge in [-0.05, 0) is 95.9 Å². The van der Waals surface area contributed by atoms with Gasteiger partial charge in [0.2, 0.25) is 11.8 Å². The first-order valence-electron chi connectivity index (χ1n) is 13.6. The van der Waals surface area contributed by atoms with Gasteiger partial charge in [0, 0.05) is 37.3 Å². The van der Waals surface area contributed by atoms with Crippen LogP contribution in [0.15, 0.2) is 24.3 Å². The first kappa shape index (κ1) is 26.5. The SMILES string of the molecule is CC(C)(C)OC(=O)NC1CCC(NCC2CCN(c3ccc(C4CCC(=O)NC4=O)cc3)CC2)CC1. The van der Waals surface area contributed by atoms with E-state index in [1.54, 1.807) is 0 Å². The van der Waals surface area contributed by atoms with Gasteiger partial charge in [0.05, 0.1) is 5.92 Å². The quantitative estimate of drug-likeness (QED) is 0.515. The molecule has 2 aliphatic heterocycles. The molecule has 1 aromatic carbocycles. The summed E-state index contributed by atoms with van der Waals surface area (Å²) in [7, 11) is 0. The van der Waals surface area contributed by atoms with Crippen LogP contribution in [0.2, 0.25) is 0 Å². The van der Waals surface area contributed by atoms with E-state index in [1.165, 1.54) is 5.69 Å². The number of hydrogen-bond donors (Lipinski definition) is 3. The van der Waals surface area contributed by atoms with Gasteiger partial charge in [0.1, 0.15) is 5.60 Å². The number of nitrogens with zero attached hydrogens (tertiary/aromatic N) is 1. The minimum Gasteiger partial charge on any atom is -0.444 e. The van der Waals surface area contributed by atoms with Crippen molar-refractivity contribution in [1.82, 2.24) is 16.0 Å². The summed E-state index contributed by atoms with van der Waals surface area (Å²) in [5, 5.41) is 9.25. The molecule has 1 saturated carbocycles. The third kappa shape index (κ3) is 7.45. The molecule has 1 unspecified atom stereocenters. The molecule has 8 nitrogen and oxygen atoms in total. The molecule has 198 valence electrons. The average molecular weight is 499 g/mol. The molecule has 3 N–H and O–H groups in total. The number of benzene rings is 1. The molecular weight excluding hydrogens is 456 g/mol. The van der Waals surface area contributed by atoms with Crippen molar-refractivity contribution in [3.05, 3.63) is 29.8 Å². The second-order valence-electron chi connectivity index (χ2n) is 11.6. The molecule has 0 aromatic heterocycles. The summed E-state index contributed by atoms with van der Waals surface area (Å²) in [6, 6.07) is 9.04. The Morgan fingerprint density at radius 2 is 1.61 bits per heavy atom. The Hall–Kier alpha value is -2.61. The van der Waals surface area contributed by atoms with Crippen molar-refractivity contribution in [3.63, 3.8) is 0 Å². The van der Waals surface area contributed by atoms with E-state index in [9.17, 15) is 14.4 Å². The van der Waals surface area contributed by atoms with Crippen molar-refractivity contribution in [2.75, 3.05) is 24.5 Å². The summed E-state index contributed by atoms with van der Waals surface area (Å²) in [6.07, 6.45) is 7.16. The Bertz CT molecular complexity index is 910. The lowest BCUT2D eigenvalue weighted by atomic mass is 9.89. The Morgan fingerprint density at radius 1 is 0.972 bits per heavy atom. The lowest BCUT2D eigenvalue weighted by Gasteiger charge is -2.35. The monoisotopic (exact) mass is 498 g/mol. The van der Waals surface area contributed by atoms with E-state index in [2.05, 4.69) is 33.0 Å². The molecule has 1 atom stereocenters. The fourth-order valence-electron chi connectivity index (χ4n) is 5.57. The number of ether oxygens (including phenoxy) is 1. The van der Waals surface area contributed by atoms with Crippen molar-refractivity contribution in [2.45, 2.75) is 95.7 Å². The van der Waals surface area contributed by atoms with Gasteiger partial charge in [-0.25, -0.2) is 4.79 Å². The maximum Gasteiger partial charge on any atom is 0.407 e. The van der Waals surface area contributed by atoms with E-state index in [0.717, 1.165) is 63.7 Å². The number of hydrogen-bond acceptors (Lipinski definition) is 6.